The van der Waals surface area contributed by atoms with Crippen molar-refractivity contribution in [2.45, 2.75) is 20.0 Å². The van der Waals surface area contributed by atoms with E-state index in [-0.39, 0.29) is 6.17 Å². The second kappa shape index (κ2) is 7.24. The summed E-state index contributed by atoms with van der Waals surface area (Å²) in [6.45, 7) is 4.14. The fraction of sp³-hybridized carbons (Fsp3) is 0.111. The lowest BCUT2D eigenvalue weighted by atomic mass is 10.0. The fourth-order valence-electron chi connectivity index (χ4n) is 4.40. The van der Waals surface area contributed by atoms with Crippen LogP contribution in [0.3, 0.4) is 0 Å². The van der Waals surface area contributed by atoms with Crippen molar-refractivity contribution < 1.29 is 0 Å². The molecule has 1 aliphatic heterocycles. The molecule has 5 aromatic rings. The number of rotatable bonds is 3. The van der Waals surface area contributed by atoms with E-state index >= 15 is 0 Å². The summed E-state index contributed by atoms with van der Waals surface area (Å²) in [6.07, 6.45) is 1.96. The van der Waals surface area contributed by atoms with Crippen molar-refractivity contribution in [2.75, 3.05) is 5.32 Å². The van der Waals surface area contributed by atoms with Crippen molar-refractivity contribution in [2.24, 2.45) is 0 Å². The summed E-state index contributed by atoms with van der Waals surface area (Å²) >= 11 is 0. The molecule has 0 bridgehead atoms. The molecule has 3 aromatic carbocycles. The summed E-state index contributed by atoms with van der Waals surface area (Å²) in [4.78, 5) is 0. The van der Waals surface area contributed by atoms with Gasteiger partial charge in [0.2, 0.25) is 0 Å². The highest BCUT2D eigenvalue weighted by atomic mass is 15.4. The zero-order chi connectivity index (χ0) is 21.7. The summed E-state index contributed by atoms with van der Waals surface area (Å²) in [5.41, 5.74) is 9.75. The van der Waals surface area contributed by atoms with Gasteiger partial charge in [-0.2, -0.15) is 10.2 Å². The van der Waals surface area contributed by atoms with Gasteiger partial charge in [0.1, 0.15) is 0 Å². The summed E-state index contributed by atoms with van der Waals surface area (Å²) in [5, 5.41) is 13.6. The predicted molar refractivity (Wildman–Crippen MR) is 128 cm³/mol. The monoisotopic (exact) mass is 417 g/mol. The normalized spacial score (nSPS) is 14.5. The van der Waals surface area contributed by atoms with E-state index in [1.807, 2.05) is 29.8 Å². The number of nitrogens with zero attached hydrogens (tertiary/aromatic N) is 4. The first-order valence-corrected chi connectivity index (χ1v) is 10.8. The van der Waals surface area contributed by atoms with Crippen LogP contribution in [0.25, 0.3) is 28.2 Å². The van der Waals surface area contributed by atoms with Crippen LogP contribution in [0.1, 0.15) is 23.0 Å². The molecule has 0 aliphatic carbocycles. The van der Waals surface area contributed by atoms with Crippen molar-refractivity contribution in [3.05, 3.63) is 108 Å². The fourth-order valence-corrected chi connectivity index (χ4v) is 4.40. The highest BCUT2D eigenvalue weighted by Crippen LogP contribution is 2.40. The molecular weight excluding hydrogens is 394 g/mol. The van der Waals surface area contributed by atoms with Crippen molar-refractivity contribution in [3.63, 3.8) is 0 Å². The van der Waals surface area contributed by atoms with E-state index in [1.165, 1.54) is 5.56 Å². The minimum atomic E-state index is -0.164. The van der Waals surface area contributed by atoms with Crippen LogP contribution in [0.5, 0.6) is 0 Å². The molecule has 2 aromatic heterocycles. The van der Waals surface area contributed by atoms with Crippen LogP contribution in [0.2, 0.25) is 0 Å². The molecule has 0 saturated heterocycles. The van der Waals surface area contributed by atoms with Gasteiger partial charge in [0.25, 0.3) is 0 Å². The standard InChI is InChI=1S/C27H23N5/c1-18-12-14-20(15-13-18)26-23(17-31(30-26)21-8-4-3-5-9-21)27-28-24-11-7-6-10-22(24)25-16-19(2)29-32(25)27/h3-17,27-28H,1-2H3. The maximum Gasteiger partial charge on any atom is 0.151 e. The van der Waals surface area contributed by atoms with Gasteiger partial charge >= 0.3 is 0 Å². The predicted octanol–water partition coefficient (Wildman–Crippen LogP) is 5.99. The first-order chi connectivity index (χ1) is 15.7. The van der Waals surface area contributed by atoms with Crippen molar-refractivity contribution in [1.29, 1.82) is 0 Å². The minimum absolute atomic E-state index is 0.164. The molecule has 1 N–H and O–H groups in total. The minimum Gasteiger partial charge on any atom is -0.359 e. The summed E-state index contributed by atoms with van der Waals surface area (Å²) in [6, 6.07) is 29.3. The molecule has 0 amide bonds. The van der Waals surface area contributed by atoms with Gasteiger partial charge in [0.05, 0.1) is 22.8 Å². The lowest BCUT2D eigenvalue weighted by molar-refractivity contribution is 0.572. The van der Waals surface area contributed by atoms with Gasteiger partial charge in [0.15, 0.2) is 6.17 Å². The van der Waals surface area contributed by atoms with E-state index in [9.17, 15) is 0 Å². The molecule has 1 aliphatic rings. The van der Waals surface area contributed by atoms with Crippen LogP contribution >= 0.6 is 0 Å². The van der Waals surface area contributed by atoms with Crippen LogP contribution < -0.4 is 5.32 Å². The number of benzene rings is 3. The zero-order valence-corrected chi connectivity index (χ0v) is 18.0. The summed E-state index contributed by atoms with van der Waals surface area (Å²) < 4.78 is 4.05. The topological polar surface area (TPSA) is 47.7 Å². The second-order valence-electron chi connectivity index (χ2n) is 8.29. The van der Waals surface area contributed by atoms with E-state index in [2.05, 4.69) is 89.8 Å². The molecule has 1 unspecified atom stereocenters. The van der Waals surface area contributed by atoms with E-state index in [0.29, 0.717) is 0 Å². The Bertz CT molecular complexity index is 1410. The van der Waals surface area contributed by atoms with Gasteiger partial charge in [0, 0.05) is 28.6 Å². The molecule has 1 atom stereocenters. The number of hydrogen-bond donors (Lipinski definition) is 1. The number of aryl methyl sites for hydroxylation is 2. The van der Waals surface area contributed by atoms with Crippen LogP contribution in [0.4, 0.5) is 5.69 Å². The maximum absolute atomic E-state index is 5.03. The van der Waals surface area contributed by atoms with E-state index in [0.717, 1.165) is 45.1 Å². The molecule has 5 heteroatoms. The highest BCUT2D eigenvalue weighted by molar-refractivity contribution is 5.79. The summed E-state index contributed by atoms with van der Waals surface area (Å²) in [5.74, 6) is 0. The van der Waals surface area contributed by atoms with Crippen molar-refractivity contribution >= 4 is 5.69 Å². The number of anilines is 1. The van der Waals surface area contributed by atoms with E-state index in [1.54, 1.807) is 0 Å². The van der Waals surface area contributed by atoms with Gasteiger partial charge in [-0.15, -0.1) is 0 Å². The Morgan fingerprint density at radius 3 is 2.38 bits per heavy atom. The quantitative estimate of drug-likeness (QED) is 0.392. The average Bonchev–Trinajstić information content (AvgIpc) is 3.44. The Kier molecular flexibility index (Phi) is 4.21. The maximum atomic E-state index is 5.03. The molecule has 0 radical (unpaired) electrons. The van der Waals surface area contributed by atoms with Crippen molar-refractivity contribution in [3.8, 4) is 28.2 Å². The zero-order valence-electron chi connectivity index (χ0n) is 18.0. The molecular formula is C27H23N5. The third-order valence-electron chi connectivity index (χ3n) is 5.98. The number of para-hydroxylation sites is 2. The Labute approximate surface area is 187 Å². The first-order valence-electron chi connectivity index (χ1n) is 10.8. The molecule has 32 heavy (non-hydrogen) atoms. The lowest BCUT2D eigenvalue weighted by Crippen LogP contribution is -2.25. The van der Waals surface area contributed by atoms with Crippen LogP contribution in [0, 0.1) is 13.8 Å². The average molecular weight is 418 g/mol. The number of aromatic nitrogens is 4. The summed E-state index contributed by atoms with van der Waals surface area (Å²) in [7, 11) is 0. The van der Waals surface area contributed by atoms with Crippen LogP contribution in [-0.4, -0.2) is 19.6 Å². The molecule has 156 valence electrons. The Balaban J connectivity index is 1.56. The highest BCUT2D eigenvalue weighted by Gasteiger charge is 2.30. The molecule has 0 spiro atoms. The molecule has 5 nitrogen and oxygen atoms in total. The van der Waals surface area contributed by atoms with Gasteiger partial charge in [-0.05, 0) is 38.1 Å². The Morgan fingerprint density at radius 1 is 0.812 bits per heavy atom. The van der Waals surface area contributed by atoms with Gasteiger partial charge in [-0.25, -0.2) is 9.36 Å². The molecule has 3 heterocycles. The van der Waals surface area contributed by atoms with Gasteiger partial charge < -0.3 is 5.32 Å². The third-order valence-corrected chi connectivity index (χ3v) is 5.98. The largest absolute Gasteiger partial charge is 0.359 e. The smallest absolute Gasteiger partial charge is 0.151 e. The Hall–Kier alpha value is -4.12. The van der Waals surface area contributed by atoms with Crippen LogP contribution in [-0.2, 0) is 0 Å². The van der Waals surface area contributed by atoms with Crippen molar-refractivity contribution in [1.82, 2.24) is 19.6 Å². The van der Waals surface area contributed by atoms with E-state index in [4.69, 9.17) is 10.2 Å². The second-order valence-corrected chi connectivity index (χ2v) is 8.29. The van der Waals surface area contributed by atoms with Gasteiger partial charge in [-0.1, -0.05) is 66.2 Å². The first kappa shape index (κ1) is 18.6. The third kappa shape index (κ3) is 3.02. The van der Waals surface area contributed by atoms with E-state index < -0.39 is 0 Å². The number of nitrogens with one attached hydrogen (secondary N) is 1. The lowest BCUT2D eigenvalue weighted by Gasteiger charge is -2.29. The molecule has 0 saturated carbocycles. The Morgan fingerprint density at radius 2 is 1.56 bits per heavy atom. The molecule has 6 rings (SSSR count). The SMILES string of the molecule is Cc1ccc(-c2nn(-c3ccccc3)cc2C2Nc3ccccc3-c3cc(C)nn32)cc1. The van der Waals surface area contributed by atoms with Gasteiger partial charge in [-0.3, -0.25) is 0 Å². The number of hydrogen-bond acceptors (Lipinski definition) is 3. The molecule has 0 fully saturated rings. The number of fused-ring (bicyclic) bond motifs is 3. The van der Waals surface area contributed by atoms with Crippen LogP contribution in [0.15, 0.2) is 91.1 Å².